The molecule has 0 aliphatic carbocycles. The summed E-state index contributed by atoms with van der Waals surface area (Å²) in [6.45, 7) is 2.42. The van der Waals surface area contributed by atoms with Gasteiger partial charge in [0.2, 0.25) is 0 Å². The van der Waals surface area contributed by atoms with E-state index in [0.717, 1.165) is 0 Å². The number of nitrogens with two attached hydrogens (primary N) is 1. The first kappa shape index (κ1) is 14.0. The third-order valence-corrected chi connectivity index (χ3v) is 3.01. The molecule has 5 heteroatoms. The summed E-state index contributed by atoms with van der Waals surface area (Å²) in [5.41, 5.74) is 6.72. The number of rotatable bonds is 4. The summed E-state index contributed by atoms with van der Waals surface area (Å²) in [5.74, 6) is -1.22. The Bertz CT molecular complexity index is 624. The van der Waals surface area contributed by atoms with Crippen molar-refractivity contribution in [3.63, 3.8) is 0 Å². The van der Waals surface area contributed by atoms with Gasteiger partial charge < -0.3 is 10.6 Å². The molecule has 0 atom stereocenters. The maximum atomic E-state index is 13.9. The van der Waals surface area contributed by atoms with Crippen LogP contribution in [0.5, 0.6) is 0 Å². The number of hydrogen-bond donors (Lipinski definition) is 2. The molecule has 20 heavy (non-hydrogen) atoms. The molecule has 0 fully saturated rings. The predicted octanol–water partition coefficient (Wildman–Crippen LogP) is 3.41. The van der Waals surface area contributed by atoms with E-state index in [1.807, 2.05) is 6.92 Å². The molecule has 104 valence electrons. The van der Waals surface area contributed by atoms with Crippen molar-refractivity contribution >= 4 is 17.2 Å². The maximum Gasteiger partial charge on any atom is 0.136 e. The molecular weight excluding hydrogens is 260 g/mol. The Labute approximate surface area is 116 Å². The number of anilines is 2. The molecule has 2 aromatic carbocycles. The van der Waals surface area contributed by atoms with Gasteiger partial charge in [0.1, 0.15) is 17.5 Å². The zero-order chi connectivity index (χ0) is 14.7. The molecule has 0 spiro atoms. The van der Waals surface area contributed by atoms with Crippen LogP contribution in [0.1, 0.15) is 12.5 Å². The molecule has 0 heterocycles. The van der Waals surface area contributed by atoms with E-state index >= 15 is 0 Å². The average molecular weight is 275 g/mol. The molecule has 2 aromatic rings. The molecule has 0 aromatic heterocycles. The lowest BCUT2D eigenvalue weighted by Gasteiger charge is -2.25. The van der Waals surface area contributed by atoms with Crippen molar-refractivity contribution in [1.82, 2.24) is 0 Å². The SMILES string of the molecule is CCN(c1ccc(F)cc1)c1cccc(F)c1C(=N)N. The Kier molecular flexibility index (Phi) is 3.98. The number of amidine groups is 1. The predicted molar refractivity (Wildman–Crippen MR) is 76.5 cm³/mol. The number of halogens is 2. The molecule has 0 aliphatic rings. The number of nitrogens with zero attached hydrogens (tertiary/aromatic N) is 1. The molecule has 3 nitrogen and oxygen atoms in total. The number of nitrogens with one attached hydrogen (secondary N) is 1. The lowest BCUT2D eigenvalue weighted by molar-refractivity contribution is 0.624. The topological polar surface area (TPSA) is 53.1 Å². The highest BCUT2D eigenvalue weighted by Gasteiger charge is 2.17. The van der Waals surface area contributed by atoms with Gasteiger partial charge in [0.05, 0.1) is 11.3 Å². The van der Waals surface area contributed by atoms with Gasteiger partial charge in [-0.25, -0.2) is 8.78 Å². The average Bonchev–Trinajstić information content (AvgIpc) is 2.41. The standard InChI is InChI=1S/C15H15F2N3/c1-2-20(11-8-6-10(16)7-9-11)13-5-3-4-12(17)14(13)15(18)19/h3-9H,2H2,1H3,(H3,18,19). The van der Waals surface area contributed by atoms with Gasteiger partial charge >= 0.3 is 0 Å². The minimum atomic E-state index is -0.546. The molecule has 0 radical (unpaired) electrons. The lowest BCUT2D eigenvalue weighted by Crippen LogP contribution is -2.23. The minimum Gasteiger partial charge on any atom is -0.384 e. The van der Waals surface area contributed by atoms with Crippen LogP contribution in [0.4, 0.5) is 20.2 Å². The number of hydrogen-bond acceptors (Lipinski definition) is 2. The Hall–Kier alpha value is -2.43. The fourth-order valence-corrected chi connectivity index (χ4v) is 2.12. The van der Waals surface area contributed by atoms with Crippen molar-refractivity contribution < 1.29 is 8.78 Å². The van der Waals surface area contributed by atoms with Crippen molar-refractivity contribution in [2.24, 2.45) is 5.73 Å². The van der Waals surface area contributed by atoms with Crippen molar-refractivity contribution in [2.75, 3.05) is 11.4 Å². The smallest absolute Gasteiger partial charge is 0.136 e. The first-order valence-electron chi connectivity index (χ1n) is 6.20. The van der Waals surface area contributed by atoms with Crippen LogP contribution < -0.4 is 10.6 Å². The zero-order valence-electron chi connectivity index (χ0n) is 11.0. The largest absolute Gasteiger partial charge is 0.384 e. The Morgan fingerprint density at radius 3 is 2.35 bits per heavy atom. The molecule has 0 saturated carbocycles. The van der Waals surface area contributed by atoms with Gasteiger partial charge in [-0.05, 0) is 43.3 Å². The summed E-state index contributed by atoms with van der Waals surface area (Å²) in [6.07, 6.45) is 0. The van der Waals surface area contributed by atoms with Crippen molar-refractivity contribution in [2.45, 2.75) is 6.92 Å². The molecule has 0 amide bonds. The normalized spacial score (nSPS) is 10.3. The van der Waals surface area contributed by atoms with Gasteiger partial charge in [0, 0.05) is 12.2 Å². The van der Waals surface area contributed by atoms with Crippen LogP contribution in [-0.2, 0) is 0 Å². The second kappa shape index (κ2) is 5.69. The van der Waals surface area contributed by atoms with Gasteiger partial charge in [0.15, 0.2) is 0 Å². The summed E-state index contributed by atoms with van der Waals surface area (Å²) >= 11 is 0. The van der Waals surface area contributed by atoms with Gasteiger partial charge in [0.25, 0.3) is 0 Å². The first-order chi connectivity index (χ1) is 9.54. The third-order valence-electron chi connectivity index (χ3n) is 3.01. The molecule has 0 bridgehead atoms. The molecule has 0 saturated heterocycles. The number of nitrogen functional groups attached to an aromatic ring is 1. The summed E-state index contributed by atoms with van der Waals surface area (Å²) in [7, 11) is 0. The maximum absolute atomic E-state index is 13.9. The fourth-order valence-electron chi connectivity index (χ4n) is 2.12. The van der Waals surface area contributed by atoms with E-state index in [4.69, 9.17) is 11.1 Å². The van der Waals surface area contributed by atoms with Crippen LogP contribution in [0.25, 0.3) is 0 Å². The Morgan fingerprint density at radius 2 is 1.80 bits per heavy atom. The monoisotopic (exact) mass is 275 g/mol. The third kappa shape index (κ3) is 2.61. The van der Waals surface area contributed by atoms with Crippen LogP contribution >= 0.6 is 0 Å². The van der Waals surface area contributed by atoms with Crippen LogP contribution in [0.2, 0.25) is 0 Å². The Balaban J connectivity index is 2.55. The molecule has 0 aliphatic heterocycles. The summed E-state index contributed by atoms with van der Waals surface area (Å²) in [6, 6.07) is 10.4. The van der Waals surface area contributed by atoms with E-state index in [1.165, 1.54) is 18.2 Å². The van der Waals surface area contributed by atoms with Crippen LogP contribution in [0, 0.1) is 17.0 Å². The van der Waals surface area contributed by atoms with Gasteiger partial charge in [-0.15, -0.1) is 0 Å². The lowest BCUT2D eigenvalue weighted by atomic mass is 10.1. The quantitative estimate of drug-likeness (QED) is 0.663. The van der Waals surface area contributed by atoms with Gasteiger partial charge in [-0.1, -0.05) is 6.07 Å². The van der Waals surface area contributed by atoms with Crippen LogP contribution in [0.3, 0.4) is 0 Å². The second-order valence-corrected chi connectivity index (χ2v) is 4.27. The highest BCUT2D eigenvalue weighted by molar-refractivity contribution is 6.01. The van der Waals surface area contributed by atoms with Crippen LogP contribution in [0.15, 0.2) is 42.5 Å². The van der Waals surface area contributed by atoms with E-state index in [1.54, 1.807) is 29.2 Å². The zero-order valence-corrected chi connectivity index (χ0v) is 11.0. The van der Waals surface area contributed by atoms with E-state index in [-0.39, 0.29) is 17.2 Å². The van der Waals surface area contributed by atoms with E-state index < -0.39 is 5.82 Å². The first-order valence-corrected chi connectivity index (χ1v) is 6.20. The summed E-state index contributed by atoms with van der Waals surface area (Å²) < 4.78 is 26.9. The summed E-state index contributed by atoms with van der Waals surface area (Å²) in [4.78, 5) is 1.78. The van der Waals surface area contributed by atoms with Gasteiger partial charge in [-0.2, -0.15) is 0 Å². The van der Waals surface area contributed by atoms with Crippen molar-refractivity contribution in [3.8, 4) is 0 Å². The minimum absolute atomic E-state index is 0.0543. The molecular formula is C15H15F2N3. The highest BCUT2D eigenvalue weighted by atomic mass is 19.1. The summed E-state index contributed by atoms with van der Waals surface area (Å²) in [5, 5.41) is 7.53. The molecule has 0 unspecified atom stereocenters. The molecule has 3 N–H and O–H groups in total. The number of benzene rings is 2. The fraction of sp³-hybridized carbons (Fsp3) is 0.133. The highest BCUT2D eigenvalue weighted by Crippen LogP contribution is 2.29. The van der Waals surface area contributed by atoms with Gasteiger partial charge in [-0.3, -0.25) is 5.41 Å². The molecule has 2 rings (SSSR count). The van der Waals surface area contributed by atoms with Crippen molar-refractivity contribution in [1.29, 1.82) is 5.41 Å². The van der Waals surface area contributed by atoms with Crippen molar-refractivity contribution in [3.05, 3.63) is 59.7 Å². The van der Waals surface area contributed by atoms with E-state index in [2.05, 4.69) is 0 Å². The van der Waals surface area contributed by atoms with E-state index in [9.17, 15) is 8.78 Å². The second-order valence-electron chi connectivity index (χ2n) is 4.27. The Morgan fingerprint density at radius 1 is 1.15 bits per heavy atom. The van der Waals surface area contributed by atoms with Crippen LogP contribution in [-0.4, -0.2) is 12.4 Å². The van der Waals surface area contributed by atoms with E-state index in [0.29, 0.717) is 17.9 Å².